The Morgan fingerprint density at radius 1 is 1.46 bits per heavy atom. The summed E-state index contributed by atoms with van der Waals surface area (Å²) in [5.41, 5.74) is 2.77. The predicted molar refractivity (Wildman–Crippen MR) is 56.1 cm³/mol. The van der Waals surface area contributed by atoms with Crippen LogP contribution >= 0.6 is 0 Å². The summed E-state index contributed by atoms with van der Waals surface area (Å²) < 4.78 is 0. The van der Waals surface area contributed by atoms with Gasteiger partial charge in [0.05, 0.1) is 0 Å². The van der Waals surface area contributed by atoms with Crippen molar-refractivity contribution in [1.82, 2.24) is 5.32 Å². The zero-order chi connectivity index (χ0) is 9.10. The first-order valence-electron chi connectivity index (χ1n) is 4.86. The topological polar surface area (TPSA) is 24.1 Å². The lowest BCUT2D eigenvalue weighted by molar-refractivity contribution is 0.508. The summed E-state index contributed by atoms with van der Waals surface area (Å²) in [5, 5.41) is 6.69. The highest BCUT2D eigenvalue weighted by atomic mass is 14.9. The Morgan fingerprint density at radius 3 is 3.15 bits per heavy atom. The van der Waals surface area contributed by atoms with E-state index in [0.29, 0.717) is 0 Å². The van der Waals surface area contributed by atoms with Gasteiger partial charge < -0.3 is 10.6 Å². The first-order chi connectivity index (χ1) is 6.40. The summed E-state index contributed by atoms with van der Waals surface area (Å²) in [4.78, 5) is 0. The second kappa shape index (κ2) is 3.79. The smallest absolute Gasteiger partial charge is 0.0372 e. The van der Waals surface area contributed by atoms with Gasteiger partial charge in [-0.05, 0) is 37.6 Å². The molecule has 0 aromatic heterocycles. The second-order valence-corrected chi connectivity index (χ2v) is 3.67. The van der Waals surface area contributed by atoms with Crippen molar-refractivity contribution >= 4 is 5.69 Å². The van der Waals surface area contributed by atoms with Gasteiger partial charge in [-0.2, -0.15) is 0 Å². The van der Waals surface area contributed by atoms with Crippen molar-refractivity contribution in [1.29, 1.82) is 0 Å². The van der Waals surface area contributed by atoms with E-state index in [2.05, 4.69) is 34.9 Å². The lowest BCUT2D eigenvalue weighted by Crippen LogP contribution is -2.30. The van der Waals surface area contributed by atoms with Crippen molar-refractivity contribution in [3.8, 4) is 0 Å². The van der Waals surface area contributed by atoms with Gasteiger partial charge >= 0.3 is 0 Å². The summed E-state index contributed by atoms with van der Waals surface area (Å²) >= 11 is 0. The maximum Gasteiger partial charge on any atom is 0.0372 e. The highest BCUT2D eigenvalue weighted by Gasteiger charge is 2.16. The molecule has 1 heterocycles. The fraction of sp³-hybridized carbons (Fsp3) is 0.455. The van der Waals surface area contributed by atoms with Gasteiger partial charge in [0.15, 0.2) is 0 Å². The Morgan fingerprint density at radius 2 is 2.31 bits per heavy atom. The quantitative estimate of drug-likeness (QED) is 0.713. The van der Waals surface area contributed by atoms with Crippen molar-refractivity contribution in [2.45, 2.75) is 6.42 Å². The number of rotatable bonds is 2. The first-order valence-corrected chi connectivity index (χ1v) is 4.86. The molecule has 0 radical (unpaired) electrons. The van der Waals surface area contributed by atoms with Crippen LogP contribution in [-0.2, 0) is 6.42 Å². The Labute approximate surface area is 79.4 Å². The van der Waals surface area contributed by atoms with E-state index in [9.17, 15) is 0 Å². The highest BCUT2D eigenvalue weighted by Crippen LogP contribution is 2.23. The molecule has 0 amide bonds. The monoisotopic (exact) mass is 176 g/mol. The molecule has 0 aliphatic carbocycles. The number of hydrogen-bond acceptors (Lipinski definition) is 2. The normalized spacial score (nSPS) is 20.5. The van der Waals surface area contributed by atoms with Gasteiger partial charge in [0.1, 0.15) is 0 Å². The highest BCUT2D eigenvalue weighted by molar-refractivity contribution is 5.53. The van der Waals surface area contributed by atoms with E-state index in [-0.39, 0.29) is 0 Å². The molecular formula is C11H16N2. The van der Waals surface area contributed by atoms with E-state index < -0.39 is 0 Å². The maximum absolute atomic E-state index is 3.46. The third-order valence-electron chi connectivity index (χ3n) is 2.60. The molecule has 1 aromatic carbocycles. The van der Waals surface area contributed by atoms with E-state index in [0.717, 1.165) is 19.0 Å². The van der Waals surface area contributed by atoms with Crippen molar-refractivity contribution in [3.63, 3.8) is 0 Å². The molecule has 2 rings (SSSR count). The van der Waals surface area contributed by atoms with E-state index in [1.165, 1.54) is 17.7 Å². The van der Waals surface area contributed by atoms with E-state index in [4.69, 9.17) is 0 Å². The molecular weight excluding hydrogens is 160 g/mol. The molecule has 1 atom stereocenters. The Hall–Kier alpha value is -1.02. The van der Waals surface area contributed by atoms with E-state index in [1.54, 1.807) is 0 Å². The molecule has 0 saturated heterocycles. The Bertz CT molecular complexity index is 283. The fourth-order valence-electron chi connectivity index (χ4n) is 1.94. The van der Waals surface area contributed by atoms with Crippen molar-refractivity contribution < 1.29 is 0 Å². The van der Waals surface area contributed by atoms with Crippen molar-refractivity contribution in [3.05, 3.63) is 29.8 Å². The SMILES string of the molecule is CNCC1CNc2ccccc2C1. The zero-order valence-electron chi connectivity index (χ0n) is 8.01. The molecule has 0 bridgehead atoms. The zero-order valence-corrected chi connectivity index (χ0v) is 8.01. The fourth-order valence-corrected chi connectivity index (χ4v) is 1.94. The maximum atomic E-state index is 3.46. The molecule has 70 valence electrons. The van der Waals surface area contributed by atoms with Crippen LogP contribution in [0, 0.1) is 5.92 Å². The number of benzene rings is 1. The van der Waals surface area contributed by atoms with Gasteiger partial charge in [-0.3, -0.25) is 0 Å². The van der Waals surface area contributed by atoms with Gasteiger partial charge in [0.2, 0.25) is 0 Å². The summed E-state index contributed by atoms with van der Waals surface area (Å²) in [7, 11) is 2.01. The Kier molecular flexibility index (Phi) is 2.50. The minimum atomic E-state index is 0.736. The molecule has 2 heteroatoms. The van der Waals surface area contributed by atoms with Crippen LogP contribution in [0.5, 0.6) is 0 Å². The van der Waals surface area contributed by atoms with E-state index >= 15 is 0 Å². The summed E-state index contributed by atoms with van der Waals surface area (Å²) in [5.74, 6) is 0.736. The average molecular weight is 176 g/mol. The van der Waals surface area contributed by atoms with Gasteiger partial charge in [-0.1, -0.05) is 18.2 Å². The van der Waals surface area contributed by atoms with E-state index in [1.807, 2.05) is 7.05 Å². The minimum absolute atomic E-state index is 0.736. The van der Waals surface area contributed by atoms with Crippen LogP contribution < -0.4 is 10.6 Å². The molecule has 2 N–H and O–H groups in total. The number of nitrogens with one attached hydrogen (secondary N) is 2. The molecule has 1 unspecified atom stereocenters. The molecule has 1 aliphatic rings. The number of fused-ring (bicyclic) bond motifs is 1. The molecule has 2 nitrogen and oxygen atoms in total. The van der Waals surface area contributed by atoms with Crippen LogP contribution in [0.2, 0.25) is 0 Å². The molecule has 0 fully saturated rings. The summed E-state index contributed by atoms with van der Waals surface area (Å²) in [6.45, 7) is 2.19. The standard InChI is InChI=1S/C11H16N2/c1-12-7-9-6-10-4-2-3-5-11(10)13-8-9/h2-5,9,12-13H,6-8H2,1H3. The lowest BCUT2D eigenvalue weighted by atomic mass is 9.94. The van der Waals surface area contributed by atoms with Crippen LogP contribution in [-0.4, -0.2) is 20.1 Å². The Balaban J connectivity index is 2.11. The molecule has 1 aliphatic heterocycles. The first kappa shape index (κ1) is 8.57. The van der Waals surface area contributed by atoms with Crippen molar-refractivity contribution in [2.24, 2.45) is 5.92 Å². The third kappa shape index (κ3) is 1.83. The summed E-state index contributed by atoms with van der Waals surface area (Å²) in [6, 6.07) is 8.57. The number of anilines is 1. The average Bonchev–Trinajstić information content (AvgIpc) is 2.18. The number of para-hydroxylation sites is 1. The van der Waals surface area contributed by atoms with Crippen LogP contribution in [0.15, 0.2) is 24.3 Å². The number of hydrogen-bond donors (Lipinski definition) is 2. The lowest BCUT2D eigenvalue weighted by Gasteiger charge is -2.25. The predicted octanol–water partition coefficient (Wildman–Crippen LogP) is 1.49. The molecule has 0 spiro atoms. The van der Waals surface area contributed by atoms with Gasteiger partial charge in [0.25, 0.3) is 0 Å². The molecule has 13 heavy (non-hydrogen) atoms. The minimum Gasteiger partial charge on any atom is -0.384 e. The van der Waals surface area contributed by atoms with Crippen LogP contribution in [0.1, 0.15) is 5.56 Å². The van der Waals surface area contributed by atoms with Gasteiger partial charge in [0, 0.05) is 12.2 Å². The molecule has 1 aromatic rings. The van der Waals surface area contributed by atoms with Crippen LogP contribution in [0.25, 0.3) is 0 Å². The van der Waals surface area contributed by atoms with Crippen LogP contribution in [0.4, 0.5) is 5.69 Å². The van der Waals surface area contributed by atoms with Crippen LogP contribution in [0.3, 0.4) is 0 Å². The summed E-state index contributed by atoms with van der Waals surface area (Å²) in [6.07, 6.45) is 1.20. The molecule has 0 saturated carbocycles. The van der Waals surface area contributed by atoms with Gasteiger partial charge in [-0.15, -0.1) is 0 Å². The second-order valence-electron chi connectivity index (χ2n) is 3.67. The third-order valence-corrected chi connectivity index (χ3v) is 2.60. The largest absolute Gasteiger partial charge is 0.384 e. The van der Waals surface area contributed by atoms with Gasteiger partial charge in [-0.25, -0.2) is 0 Å². The van der Waals surface area contributed by atoms with Crippen molar-refractivity contribution in [2.75, 3.05) is 25.5 Å².